The van der Waals surface area contributed by atoms with E-state index in [9.17, 15) is 0 Å². The predicted octanol–water partition coefficient (Wildman–Crippen LogP) is -4.25. The first kappa shape index (κ1) is 31.0. The van der Waals surface area contributed by atoms with Crippen LogP contribution in [0.1, 0.15) is 38.3 Å². The normalized spacial score (nSPS) is 7.72. The van der Waals surface area contributed by atoms with E-state index in [2.05, 4.69) is 43.8 Å². The van der Waals surface area contributed by atoms with Crippen molar-refractivity contribution < 1.29 is 57.5 Å². The van der Waals surface area contributed by atoms with Crippen molar-refractivity contribution in [3.8, 4) is 0 Å². The van der Waals surface area contributed by atoms with E-state index >= 15 is 0 Å². The summed E-state index contributed by atoms with van der Waals surface area (Å²) in [5.74, 6) is 0.566. The average molecular weight is 330 g/mol. The second-order valence-corrected chi connectivity index (χ2v) is 3.24. The van der Waals surface area contributed by atoms with Crippen molar-refractivity contribution in [2.75, 3.05) is 0 Å². The Bertz CT molecular complexity index is 235. The van der Waals surface area contributed by atoms with Gasteiger partial charge in [-0.2, -0.15) is 26.7 Å². The van der Waals surface area contributed by atoms with Crippen LogP contribution in [0.2, 0.25) is 0 Å². The van der Waals surface area contributed by atoms with Crippen LogP contribution in [0.25, 0.3) is 0 Å². The van der Waals surface area contributed by atoms with E-state index in [4.69, 9.17) is 0 Å². The van der Waals surface area contributed by atoms with Gasteiger partial charge < -0.3 is 48.6 Å². The van der Waals surface area contributed by atoms with E-state index in [0.29, 0.717) is 5.92 Å². The summed E-state index contributed by atoms with van der Waals surface area (Å²) in [5, 5.41) is 0. The largest absolute Gasteiger partial charge is 4.00 e. The Balaban J connectivity index is -0.000000113. The van der Waals surface area contributed by atoms with Crippen molar-refractivity contribution in [1.29, 1.82) is 0 Å². The Hall–Kier alpha value is 0.364. The number of halogens is 2. The van der Waals surface area contributed by atoms with E-state index < -0.39 is 0 Å². The number of hydrogen-bond donors (Lipinski definition) is 0. The number of rotatable bonds is 5. The van der Waals surface area contributed by atoms with Gasteiger partial charge in [0, 0.05) is 11.9 Å². The van der Waals surface area contributed by atoms with E-state index in [1.54, 1.807) is 0 Å². The molecule has 0 fully saturated rings. The van der Waals surface area contributed by atoms with Crippen molar-refractivity contribution in [3.05, 3.63) is 42.9 Å². The number of hydrogen-bond acceptors (Lipinski definition) is 1. The van der Waals surface area contributed by atoms with Crippen molar-refractivity contribution in [2.24, 2.45) is 0 Å². The molecule has 1 aromatic heterocycles. The van der Waals surface area contributed by atoms with Crippen molar-refractivity contribution >= 4 is 0 Å². The topological polar surface area (TPSA) is 75.9 Å². The third-order valence-corrected chi connectivity index (χ3v) is 2.15. The summed E-state index contributed by atoms with van der Waals surface area (Å²) in [6, 6.07) is 6.13. The molecule has 18 heavy (non-hydrogen) atoms. The fourth-order valence-electron chi connectivity index (χ4n) is 1.52. The van der Waals surface area contributed by atoms with Gasteiger partial charge in [-0.3, -0.25) is 4.98 Å². The maximum atomic E-state index is 4.38. The molecule has 0 aliphatic carbocycles. The molecule has 0 aromatic carbocycles. The molecule has 3 nitrogen and oxygen atoms in total. The number of nitrogens with zero attached hydrogens (tertiary/aromatic N) is 1. The summed E-state index contributed by atoms with van der Waals surface area (Å²) in [5.41, 5.74) is 1.21. The molecule has 0 aliphatic heterocycles. The van der Waals surface area contributed by atoms with Crippen LogP contribution < -0.4 is 24.8 Å². The van der Waals surface area contributed by atoms with Gasteiger partial charge in [0.05, 0.1) is 0 Å². The van der Waals surface area contributed by atoms with E-state index in [-0.39, 0.29) is 57.5 Å². The van der Waals surface area contributed by atoms with E-state index in [1.807, 2.05) is 12.3 Å². The van der Waals surface area contributed by atoms with Crippen LogP contribution in [0.4, 0.5) is 0 Å². The molecule has 0 bridgehead atoms. The van der Waals surface area contributed by atoms with Gasteiger partial charge in [-0.1, -0.05) is 12.0 Å². The van der Waals surface area contributed by atoms with E-state index in [1.165, 1.54) is 5.69 Å². The summed E-state index contributed by atoms with van der Waals surface area (Å²) in [6.45, 7) is 4.21. The minimum absolute atomic E-state index is 0. The minimum Gasteiger partial charge on any atom is -1.00 e. The van der Waals surface area contributed by atoms with Gasteiger partial charge >= 0.3 is 21.7 Å². The summed E-state index contributed by atoms with van der Waals surface area (Å²) in [4.78, 5) is 4.38. The zero-order valence-corrected chi connectivity index (χ0v) is 13.7. The maximum absolute atomic E-state index is 4.38. The molecule has 0 saturated heterocycles. The van der Waals surface area contributed by atoms with Crippen molar-refractivity contribution in [2.45, 2.75) is 32.6 Å². The van der Waals surface area contributed by atoms with E-state index in [0.717, 1.165) is 12.8 Å². The van der Waals surface area contributed by atoms with Crippen LogP contribution in [-0.2, 0) is 21.7 Å². The molecule has 4 N–H and O–H groups in total. The van der Waals surface area contributed by atoms with Gasteiger partial charge in [0.1, 0.15) is 0 Å². The van der Waals surface area contributed by atoms with Gasteiger partial charge in [0.25, 0.3) is 0 Å². The quantitative estimate of drug-likeness (QED) is 0.398. The summed E-state index contributed by atoms with van der Waals surface area (Å²) < 4.78 is 0. The first-order valence-corrected chi connectivity index (χ1v) is 4.85. The van der Waals surface area contributed by atoms with Crippen molar-refractivity contribution in [1.82, 2.24) is 4.98 Å². The molecule has 0 spiro atoms. The van der Waals surface area contributed by atoms with Crippen LogP contribution in [0.5, 0.6) is 0 Å². The van der Waals surface area contributed by atoms with Crippen LogP contribution in [0.15, 0.2) is 24.4 Å². The van der Waals surface area contributed by atoms with Gasteiger partial charge in [-0.25, -0.2) is 0 Å². The van der Waals surface area contributed by atoms with Gasteiger partial charge in [-0.05, 0) is 12.1 Å². The zero-order valence-electron chi connectivity index (χ0n) is 10.7. The Morgan fingerprint density at radius 1 is 1.06 bits per heavy atom. The Kier molecular flexibility index (Phi) is 33.9. The SMILES string of the molecule is C[CH-]CC(C[CH-]C)c1ccccn1.O.O.[Cl-].[Cl-].[Ti+4]. The molecule has 0 radical (unpaired) electrons. The molecular weight excluding hydrogens is 309 g/mol. The third-order valence-electron chi connectivity index (χ3n) is 2.15. The molecular formula is C12H21Cl2NO2Ti. The molecule has 1 aromatic rings. The van der Waals surface area contributed by atoms with Crippen LogP contribution in [0.3, 0.4) is 0 Å². The molecule has 0 atom stereocenters. The predicted molar refractivity (Wildman–Crippen MR) is 63.4 cm³/mol. The standard InChI is InChI=1S/C12H17N.2ClH.2H2O.Ti/c1-3-7-11(8-4-2)12-9-5-6-10-13-12;;;;;/h3-6,9-11H,7-8H2,1-2H3;2*1H;2*1H2;/q-2;;;;;+4/p-2. The summed E-state index contributed by atoms with van der Waals surface area (Å²) in [6.07, 6.45) is 8.52. The molecule has 0 unspecified atom stereocenters. The Labute approximate surface area is 137 Å². The van der Waals surface area contributed by atoms with Gasteiger partial charge in [-0.15, -0.1) is 0 Å². The Morgan fingerprint density at radius 3 is 1.89 bits per heavy atom. The molecule has 1 heterocycles. The monoisotopic (exact) mass is 329 g/mol. The van der Waals surface area contributed by atoms with Crippen LogP contribution in [0, 0.1) is 12.8 Å². The first-order valence-electron chi connectivity index (χ1n) is 4.85. The smallest absolute Gasteiger partial charge is 1.00 e. The van der Waals surface area contributed by atoms with Crippen molar-refractivity contribution in [3.63, 3.8) is 0 Å². The molecule has 6 heteroatoms. The van der Waals surface area contributed by atoms with Gasteiger partial charge in [0.15, 0.2) is 0 Å². The maximum Gasteiger partial charge on any atom is 4.00 e. The molecule has 0 saturated carbocycles. The minimum atomic E-state index is 0. The molecule has 0 amide bonds. The number of aromatic nitrogens is 1. The van der Waals surface area contributed by atoms with Crippen LogP contribution >= 0.6 is 0 Å². The second-order valence-electron chi connectivity index (χ2n) is 3.24. The average Bonchev–Trinajstić information content (AvgIpc) is 2.19. The van der Waals surface area contributed by atoms with Gasteiger partial charge in [0.2, 0.25) is 0 Å². The fraction of sp³-hybridized carbons (Fsp3) is 0.417. The first-order chi connectivity index (χ1) is 6.38. The second kappa shape index (κ2) is 19.7. The third kappa shape index (κ3) is 11.5. The zero-order chi connectivity index (χ0) is 9.52. The summed E-state index contributed by atoms with van der Waals surface area (Å²) in [7, 11) is 0. The molecule has 0 aliphatic rings. The Morgan fingerprint density at radius 2 is 1.56 bits per heavy atom. The fourth-order valence-corrected chi connectivity index (χ4v) is 1.52. The summed E-state index contributed by atoms with van der Waals surface area (Å²) >= 11 is 0. The van der Waals surface area contributed by atoms with Crippen LogP contribution in [-0.4, -0.2) is 15.9 Å². The molecule has 104 valence electrons. The molecule has 1 rings (SSSR count). The number of pyridine rings is 1.